The fraction of sp³-hybridized carbons (Fsp3) is 0.0638. The molecule has 0 spiro atoms. The summed E-state index contributed by atoms with van der Waals surface area (Å²) in [6.45, 7) is 4.63. The summed E-state index contributed by atoms with van der Waals surface area (Å²) < 4.78 is 8.53. The maximum Gasteiger partial charge on any atom is 0.164 e. The van der Waals surface area contributed by atoms with Gasteiger partial charge in [0.15, 0.2) is 17.5 Å². The van der Waals surface area contributed by atoms with Gasteiger partial charge in [0.25, 0.3) is 0 Å². The van der Waals surface area contributed by atoms with Crippen LogP contribution in [0.2, 0.25) is 0 Å². The maximum atomic E-state index is 6.25. The molecule has 6 aromatic carbocycles. The zero-order valence-electron chi connectivity index (χ0n) is 29.1. The molecule has 4 heterocycles. The number of para-hydroxylation sites is 2. The van der Waals surface area contributed by atoms with Crippen LogP contribution in [-0.2, 0) is 5.41 Å². The van der Waals surface area contributed by atoms with Crippen molar-refractivity contribution in [3.8, 4) is 51.0 Å². The van der Waals surface area contributed by atoms with Crippen LogP contribution < -0.4 is 0 Å². The minimum absolute atomic E-state index is 0.275. The minimum Gasteiger partial charge on any atom is -0.456 e. The molecule has 0 aliphatic heterocycles. The van der Waals surface area contributed by atoms with E-state index in [-0.39, 0.29) is 5.41 Å². The van der Waals surface area contributed by atoms with Gasteiger partial charge in [-0.25, -0.2) is 19.9 Å². The first-order valence-corrected chi connectivity index (χ1v) is 17.9. The summed E-state index contributed by atoms with van der Waals surface area (Å²) >= 11 is 0. The summed E-state index contributed by atoms with van der Waals surface area (Å²) in [5.74, 6) is 1.87. The Hall–Kier alpha value is -6.92. The molecule has 1 aliphatic carbocycles. The molecule has 10 aromatic rings. The monoisotopic (exact) mass is 681 g/mol. The SMILES string of the molecule is CC1(C)c2cc(-c3nc(-c4ccccc4)nc(-c4cccc5oc6ccccc6c45)n3)ccc2-c2ccc(-n3c4ccccc4c4cccnc43)cc21. The topological polar surface area (TPSA) is 69.6 Å². The van der Waals surface area contributed by atoms with Crippen LogP contribution in [0.25, 0.3) is 94.9 Å². The normalized spacial score (nSPS) is 13.2. The van der Waals surface area contributed by atoms with Gasteiger partial charge in [0.05, 0.1) is 5.52 Å². The molecule has 0 bridgehead atoms. The Morgan fingerprint density at radius 1 is 0.509 bits per heavy atom. The van der Waals surface area contributed by atoms with Crippen LogP contribution >= 0.6 is 0 Å². The lowest BCUT2D eigenvalue weighted by Gasteiger charge is -2.23. The molecule has 0 N–H and O–H groups in total. The summed E-state index contributed by atoms with van der Waals surface area (Å²) in [5, 5.41) is 4.39. The number of fused-ring (bicyclic) bond motifs is 9. The lowest BCUT2D eigenvalue weighted by atomic mass is 9.82. The smallest absolute Gasteiger partial charge is 0.164 e. The van der Waals surface area contributed by atoms with Crippen LogP contribution in [0.3, 0.4) is 0 Å². The fourth-order valence-electron chi connectivity index (χ4n) is 8.36. The highest BCUT2D eigenvalue weighted by Crippen LogP contribution is 2.50. The third-order valence-electron chi connectivity index (χ3n) is 10.9. The maximum absolute atomic E-state index is 6.25. The Balaban J connectivity index is 1.07. The van der Waals surface area contributed by atoms with Crippen molar-refractivity contribution in [1.29, 1.82) is 0 Å². The zero-order chi connectivity index (χ0) is 35.3. The summed E-state index contributed by atoms with van der Waals surface area (Å²) in [7, 11) is 0. The van der Waals surface area contributed by atoms with Crippen LogP contribution in [-0.4, -0.2) is 24.5 Å². The van der Waals surface area contributed by atoms with Gasteiger partial charge >= 0.3 is 0 Å². The van der Waals surface area contributed by atoms with Crippen molar-refractivity contribution in [2.75, 3.05) is 0 Å². The molecule has 6 heteroatoms. The molecule has 4 aromatic heterocycles. The van der Waals surface area contributed by atoms with Crippen molar-refractivity contribution >= 4 is 43.9 Å². The van der Waals surface area contributed by atoms with Crippen molar-refractivity contribution in [3.05, 3.63) is 163 Å². The highest BCUT2D eigenvalue weighted by Gasteiger charge is 2.36. The third-order valence-corrected chi connectivity index (χ3v) is 10.9. The minimum atomic E-state index is -0.275. The average molecular weight is 682 g/mol. The number of nitrogens with zero attached hydrogens (tertiary/aromatic N) is 5. The summed E-state index contributed by atoms with van der Waals surface area (Å²) in [4.78, 5) is 20.2. The molecule has 11 rings (SSSR count). The molecular weight excluding hydrogens is 651 g/mol. The molecule has 0 saturated heterocycles. The van der Waals surface area contributed by atoms with Crippen LogP contribution in [0.1, 0.15) is 25.0 Å². The van der Waals surface area contributed by atoms with E-state index < -0.39 is 0 Å². The van der Waals surface area contributed by atoms with Gasteiger partial charge in [-0.15, -0.1) is 0 Å². The summed E-state index contributed by atoms with van der Waals surface area (Å²) in [6, 6.07) is 50.6. The van der Waals surface area contributed by atoms with E-state index >= 15 is 0 Å². The Morgan fingerprint density at radius 2 is 1.19 bits per heavy atom. The van der Waals surface area contributed by atoms with E-state index in [4.69, 9.17) is 24.4 Å². The molecule has 0 amide bonds. The Kier molecular flexibility index (Phi) is 6.20. The van der Waals surface area contributed by atoms with E-state index in [0.29, 0.717) is 17.5 Å². The first-order chi connectivity index (χ1) is 26.0. The molecule has 0 radical (unpaired) electrons. The van der Waals surface area contributed by atoms with Crippen molar-refractivity contribution in [1.82, 2.24) is 24.5 Å². The van der Waals surface area contributed by atoms with Gasteiger partial charge in [0, 0.05) is 55.5 Å². The van der Waals surface area contributed by atoms with Crippen LogP contribution in [0.15, 0.2) is 156 Å². The Bertz CT molecular complexity index is 3050. The molecule has 0 atom stereocenters. The molecule has 53 heavy (non-hydrogen) atoms. The van der Waals surface area contributed by atoms with Gasteiger partial charge in [-0.2, -0.15) is 0 Å². The van der Waals surface area contributed by atoms with Gasteiger partial charge in [0.1, 0.15) is 16.8 Å². The number of furan rings is 1. The van der Waals surface area contributed by atoms with E-state index in [2.05, 4.69) is 97.3 Å². The highest BCUT2D eigenvalue weighted by atomic mass is 16.3. The van der Waals surface area contributed by atoms with Crippen LogP contribution in [0.5, 0.6) is 0 Å². The second kappa shape index (κ2) is 11.0. The first kappa shape index (κ1) is 29.8. The number of rotatable bonds is 4. The zero-order valence-corrected chi connectivity index (χ0v) is 29.1. The van der Waals surface area contributed by atoms with Gasteiger partial charge in [-0.3, -0.25) is 4.57 Å². The predicted molar refractivity (Wildman–Crippen MR) is 213 cm³/mol. The van der Waals surface area contributed by atoms with Gasteiger partial charge in [0.2, 0.25) is 0 Å². The lowest BCUT2D eigenvalue weighted by Crippen LogP contribution is -2.15. The summed E-state index contributed by atoms with van der Waals surface area (Å²) in [5.41, 5.74) is 12.4. The van der Waals surface area contributed by atoms with Gasteiger partial charge in [-0.1, -0.05) is 111 Å². The number of aromatic nitrogens is 5. The van der Waals surface area contributed by atoms with Crippen molar-refractivity contribution in [3.63, 3.8) is 0 Å². The molecule has 0 unspecified atom stereocenters. The molecule has 0 saturated carbocycles. The van der Waals surface area contributed by atoms with E-state index in [1.165, 1.54) is 27.6 Å². The summed E-state index contributed by atoms with van der Waals surface area (Å²) in [6.07, 6.45) is 1.87. The van der Waals surface area contributed by atoms with Crippen molar-refractivity contribution < 1.29 is 4.42 Å². The quantitative estimate of drug-likeness (QED) is 0.185. The van der Waals surface area contributed by atoms with Gasteiger partial charge in [-0.05, 0) is 70.8 Å². The van der Waals surface area contributed by atoms with Crippen molar-refractivity contribution in [2.45, 2.75) is 19.3 Å². The fourth-order valence-corrected chi connectivity index (χ4v) is 8.36. The molecule has 250 valence electrons. The predicted octanol–water partition coefficient (Wildman–Crippen LogP) is 11.6. The van der Waals surface area contributed by atoms with E-state index in [1.807, 2.05) is 72.9 Å². The van der Waals surface area contributed by atoms with Crippen LogP contribution in [0, 0.1) is 0 Å². The molecule has 6 nitrogen and oxygen atoms in total. The average Bonchev–Trinajstić information content (AvgIpc) is 3.83. The van der Waals surface area contributed by atoms with E-state index in [9.17, 15) is 0 Å². The van der Waals surface area contributed by atoms with Gasteiger partial charge < -0.3 is 4.42 Å². The Labute approximate surface area is 305 Å². The van der Waals surface area contributed by atoms with Crippen molar-refractivity contribution in [2.24, 2.45) is 0 Å². The number of benzene rings is 6. The first-order valence-electron chi connectivity index (χ1n) is 17.9. The molecular formula is C47H31N5O. The second-order valence-electron chi connectivity index (χ2n) is 14.3. The van der Waals surface area contributed by atoms with Crippen LogP contribution in [0.4, 0.5) is 0 Å². The number of hydrogen-bond acceptors (Lipinski definition) is 5. The van der Waals surface area contributed by atoms with E-state index in [1.54, 1.807) is 0 Å². The second-order valence-corrected chi connectivity index (χ2v) is 14.3. The lowest BCUT2D eigenvalue weighted by molar-refractivity contribution is 0.660. The number of hydrogen-bond donors (Lipinski definition) is 0. The van der Waals surface area contributed by atoms with E-state index in [0.717, 1.165) is 60.9 Å². The molecule has 1 aliphatic rings. The molecule has 0 fully saturated rings. The number of pyridine rings is 1. The largest absolute Gasteiger partial charge is 0.456 e. The highest BCUT2D eigenvalue weighted by molar-refractivity contribution is 6.12. The standard InChI is InChI=1S/C47H31N5O/c1-47(2)37-26-29(21-23-31(37)32-24-22-30(27-38(32)47)52-39-18-8-6-14-33(39)34-17-11-25-48-46(34)52)44-49-43(28-12-4-3-5-13-28)50-45(51-44)36-16-10-20-41-42(36)35-15-7-9-19-40(35)53-41/h3-27H,1-2H3. The third kappa shape index (κ3) is 4.39. The Morgan fingerprint density at radius 3 is 2.06 bits per heavy atom.